The lowest BCUT2D eigenvalue weighted by Crippen LogP contribution is -2.41. The fourth-order valence-corrected chi connectivity index (χ4v) is 1.90. The quantitative estimate of drug-likeness (QED) is 0.850. The Labute approximate surface area is 104 Å². The minimum absolute atomic E-state index is 0.183. The highest BCUT2D eigenvalue weighted by atomic mass is 15.1. The van der Waals surface area contributed by atoms with E-state index in [2.05, 4.69) is 55.1 Å². The first-order chi connectivity index (χ1) is 7.81. The summed E-state index contributed by atoms with van der Waals surface area (Å²) in [6, 6.07) is 2.32. The molecule has 0 aromatic carbocycles. The van der Waals surface area contributed by atoms with Crippen LogP contribution in [0, 0.1) is 12.3 Å². The molecule has 1 rings (SSSR count). The van der Waals surface area contributed by atoms with Crippen LogP contribution in [0.2, 0.25) is 0 Å². The van der Waals surface area contributed by atoms with E-state index >= 15 is 0 Å². The minimum atomic E-state index is 0.183. The van der Waals surface area contributed by atoms with Crippen molar-refractivity contribution in [2.24, 2.45) is 5.41 Å². The van der Waals surface area contributed by atoms with Crippen molar-refractivity contribution < 1.29 is 0 Å². The zero-order chi connectivity index (χ0) is 13.1. The van der Waals surface area contributed by atoms with Gasteiger partial charge in [-0.2, -0.15) is 0 Å². The predicted molar refractivity (Wildman–Crippen MR) is 72.2 cm³/mol. The second kappa shape index (κ2) is 5.45. The fraction of sp³-hybridized carbons (Fsp3) is 0.692. The maximum atomic E-state index is 4.24. The Balaban J connectivity index is 2.68. The summed E-state index contributed by atoms with van der Waals surface area (Å²) in [4.78, 5) is 10.5. The van der Waals surface area contributed by atoms with Crippen molar-refractivity contribution in [3.8, 4) is 0 Å². The molecular weight excluding hydrogens is 212 g/mol. The number of hydrogen-bond donors (Lipinski definition) is 1. The van der Waals surface area contributed by atoms with Crippen molar-refractivity contribution in [3.05, 3.63) is 18.1 Å². The maximum Gasteiger partial charge on any atom is 0.129 e. The normalized spacial score (nSPS) is 13.8. The zero-order valence-electron chi connectivity index (χ0n) is 11.8. The van der Waals surface area contributed by atoms with E-state index in [9.17, 15) is 0 Å². The van der Waals surface area contributed by atoms with E-state index in [0.29, 0.717) is 6.04 Å². The van der Waals surface area contributed by atoms with Gasteiger partial charge in [0.15, 0.2) is 0 Å². The summed E-state index contributed by atoms with van der Waals surface area (Å²) in [6.45, 7) is 9.73. The Morgan fingerprint density at radius 3 is 2.53 bits per heavy atom. The van der Waals surface area contributed by atoms with Gasteiger partial charge in [0.1, 0.15) is 12.1 Å². The summed E-state index contributed by atoms with van der Waals surface area (Å²) in [5, 5.41) is 3.45. The van der Waals surface area contributed by atoms with Gasteiger partial charge in [0, 0.05) is 24.3 Å². The Morgan fingerprint density at radius 1 is 1.35 bits per heavy atom. The monoisotopic (exact) mass is 236 g/mol. The molecule has 0 saturated carbocycles. The van der Waals surface area contributed by atoms with Crippen LogP contribution in [0.1, 0.15) is 26.5 Å². The van der Waals surface area contributed by atoms with Crippen LogP contribution in [-0.2, 0) is 0 Å². The molecule has 96 valence electrons. The van der Waals surface area contributed by atoms with Crippen LogP contribution in [0.5, 0.6) is 0 Å². The van der Waals surface area contributed by atoms with Crippen LogP contribution in [0.25, 0.3) is 0 Å². The highest BCUT2D eigenvalue weighted by Gasteiger charge is 2.26. The second-order valence-electron chi connectivity index (χ2n) is 5.64. The number of hydrogen-bond acceptors (Lipinski definition) is 4. The van der Waals surface area contributed by atoms with Crippen molar-refractivity contribution in [2.75, 3.05) is 26.0 Å². The summed E-state index contributed by atoms with van der Waals surface area (Å²) >= 11 is 0. The molecule has 1 atom stereocenters. The second-order valence-corrected chi connectivity index (χ2v) is 5.64. The molecule has 1 heterocycles. The van der Waals surface area contributed by atoms with Gasteiger partial charge in [0.05, 0.1) is 0 Å². The Morgan fingerprint density at radius 2 is 2.00 bits per heavy atom. The standard InChI is InChI=1S/C13H24N4/c1-10-7-12(15-9-14-10)16-11(2)13(3,4)8-17(5)6/h7,9,11H,8H2,1-6H3,(H,14,15,16). The Hall–Kier alpha value is -1.16. The molecule has 0 aliphatic heterocycles. The van der Waals surface area contributed by atoms with E-state index in [0.717, 1.165) is 18.1 Å². The van der Waals surface area contributed by atoms with Crippen LogP contribution < -0.4 is 5.32 Å². The molecule has 0 spiro atoms. The van der Waals surface area contributed by atoms with Gasteiger partial charge in [-0.25, -0.2) is 9.97 Å². The smallest absolute Gasteiger partial charge is 0.129 e. The van der Waals surface area contributed by atoms with E-state index < -0.39 is 0 Å². The summed E-state index contributed by atoms with van der Waals surface area (Å²) in [6.07, 6.45) is 1.60. The number of aryl methyl sites for hydroxylation is 1. The summed E-state index contributed by atoms with van der Waals surface area (Å²) in [5.41, 5.74) is 1.17. The Kier molecular flexibility index (Phi) is 4.46. The number of nitrogens with zero attached hydrogens (tertiary/aromatic N) is 3. The minimum Gasteiger partial charge on any atom is -0.367 e. The molecule has 1 unspecified atom stereocenters. The third-order valence-electron chi connectivity index (χ3n) is 3.06. The van der Waals surface area contributed by atoms with Crippen molar-refractivity contribution in [3.63, 3.8) is 0 Å². The van der Waals surface area contributed by atoms with Crippen LogP contribution in [0.15, 0.2) is 12.4 Å². The molecule has 0 fully saturated rings. The average molecular weight is 236 g/mol. The molecule has 4 nitrogen and oxygen atoms in total. The SMILES string of the molecule is Cc1cc(NC(C)C(C)(C)CN(C)C)ncn1. The lowest BCUT2D eigenvalue weighted by atomic mass is 9.85. The molecule has 1 aromatic rings. The van der Waals surface area contributed by atoms with Gasteiger partial charge in [-0.3, -0.25) is 0 Å². The number of nitrogens with one attached hydrogen (secondary N) is 1. The largest absolute Gasteiger partial charge is 0.367 e. The first-order valence-corrected chi connectivity index (χ1v) is 6.01. The molecule has 0 bridgehead atoms. The molecule has 0 saturated heterocycles. The molecule has 1 aromatic heterocycles. The lowest BCUT2D eigenvalue weighted by Gasteiger charge is -2.35. The molecule has 0 aliphatic carbocycles. The van der Waals surface area contributed by atoms with Crippen molar-refractivity contribution in [2.45, 2.75) is 33.7 Å². The molecule has 0 radical (unpaired) electrons. The van der Waals surface area contributed by atoms with Gasteiger partial charge < -0.3 is 10.2 Å². The van der Waals surface area contributed by atoms with Gasteiger partial charge >= 0.3 is 0 Å². The summed E-state index contributed by atoms with van der Waals surface area (Å²) in [5.74, 6) is 0.900. The fourth-order valence-electron chi connectivity index (χ4n) is 1.90. The average Bonchev–Trinajstić information content (AvgIpc) is 2.15. The van der Waals surface area contributed by atoms with Gasteiger partial charge in [-0.1, -0.05) is 13.8 Å². The van der Waals surface area contributed by atoms with Crippen LogP contribution in [-0.4, -0.2) is 41.5 Å². The summed E-state index contributed by atoms with van der Waals surface area (Å²) < 4.78 is 0. The summed E-state index contributed by atoms with van der Waals surface area (Å²) in [7, 11) is 4.20. The van der Waals surface area contributed by atoms with Crippen LogP contribution in [0.3, 0.4) is 0 Å². The number of anilines is 1. The van der Waals surface area contributed by atoms with E-state index in [4.69, 9.17) is 0 Å². The highest BCUT2D eigenvalue weighted by molar-refractivity contribution is 5.36. The van der Waals surface area contributed by atoms with Crippen LogP contribution in [0.4, 0.5) is 5.82 Å². The molecular formula is C13H24N4. The zero-order valence-corrected chi connectivity index (χ0v) is 11.8. The Bertz CT molecular complexity index is 360. The lowest BCUT2D eigenvalue weighted by molar-refractivity contribution is 0.217. The van der Waals surface area contributed by atoms with E-state index in [1.807, 2.05) is 13.0 Å². The van der Waals surface area contributed by atoms with Gasteiger partial charge in [0.2, 0.25) is 0 Å². The topological polar surface area (TPSA) is 41.0 Å². The molecule has 0 aliphatic rings. The first-order valence-electron chi connectivity index (χ1n) is 6.01. The molecule has 0 amide bonds. The maximum absolute atomic E-state index is 4.24. The number of aromatic nitrogens is 2. The number of rotatable bonds is 5. The first kappa shape index (κ1) is 13.9. The predicted octanol–water partition coefficient (Wildman–Crippen LogP) is 2.17. The van der Waals surface area contributed by atoms with Gasteiger partial charge in [0.25, 0.3) is 0 Å². The van der Waals surface area contributed by atoms with Crippen molar-refractivity contribution in [1.82, 2.24) is 14.9 Å². The van der Waals surface area contributed by atoms with E-state index in [1.54, 1.807) is 6.33 Å². The van der Waals surface area contributed by atoms with Crippen molar-refractivity contribution in [1.29, 1.82) is 0 Å². The molecule has 4 heteroatoms. The third-order valence-corrected chi connectivity index (χ3v) is 3.06. The van der Waals surface area contributed by atoms with Crippen molar-refractivity contribution >= 4 is 5.82 Å². The third kappa shape index (κ3) is 4.30. The van der Waals surface area contributed by atoms with E-state index in [1.165, 1.54) is 0 Å². The molecule has 17 heavy (non-hydrogen) atoms. The van der Waals surface area contributed by atoms with Gasteiger partial charge in [-0.05, 0) is 33.4 Å². The van der Waals surface area contributed by atoms with Gasteiger partial charge in [-0.15, -0.1) is 0 Å². The van der Waals surface area contributed by atoms with Crippen LogP contribution >= 0.6 is 0 Å². The highest BCUT2D eigenvalue weighted by Crippen LogP contribution is 2.23. The van der Waals surface area contributed by atoms with E-state index in [-0.39, 0.29) is 5.41 Å². The molecule has 1 N–H and O–H groups in total.